The third kappa shape index (κ3) is 2.73. The fourth-order valence-electron chi connectivity index (χ4n) is 2.99. The zero-order valence-corrected chi connectivity index (χ0v) is 13.0. The normalized spacial score (nSPS) is 19.6. The van der Waals surface area contributed by atoms with Gasteiger partial charge in [-0.1, -0.05) is 34.6 Å². The predicted octanol–water partition coefficient (Wildman–Crippen LogP) is 4.57. The topological polar surface area (TPSA) is 26.3 Å². The molecule has 1 saturated carbocycles. The van der Waals surface area contributed by atoms with Gasteiger partial charge >= 0.3 is 5.97 Å². The Labute approximate surface area is 112 Å². The van der Waals surface area contributed by atoms with Crippen LogP contribution in [0.15, 0.2) is 0 Å². The molecule has 106 valence electrons. The first-order chi connectivity index (χ1) is 8.28. The third-order valence-corrected chi connectivity index (χ3v) is 5.31. The zero-order valence-electron chi connectivity index (χ0n) is 13.0. The average molecular weight is 254 g/mol. The molecule has 0 unspecified atom stereocenters. The Hall–Kier alpha value is -0.530. The summed E-state index contributed by atoms with van der Waals surface area (Å²) in [6.07, 6.45) is 5.43. The second-order valence-corrected chi connectivity index (χ2v) is 6.73. The van der Waals surface area contributed by atoms with Gasteiger partial charge in [-0.3, -0.25) is 4.79 Å². The van der Waals surface area contributed by atoms with E-state index < -0.39 is 0 Å². The number of esters is 1. The number of hydrogen-bond acceptors (Lipinski definition) is 2. The van der Waals surface area contributed by atoms with E-state index in [2.05, 4.69) is 41.5 Å². The molecule has 0 aromatic carbocycles. The lowest BCUT2D eigenvalue weighted by molar-refractivity contribution is -0.177. The van der Waals surface area contributed by atoms with Gasteiger partial charge in [0.05, 0.1) is 5.41 Å². The minimum atomic E-state index is -0.370. The van der Waals surface area contributed by atoms with Gasteiger partial charge in [-0.05, 0) is 50.9 Å². The molecule has 0 aromatic rings. The fourth-order valence-corrected chi connectivity index (χ4v) is 2.99. The first kappa shape index (κ1) is 15.5. The van der Waals surface area contributed by atoms with Crippen molar-refractivity contribution in [3.63, 3.8) is 0 Å². The van der Waals surface area contributed by atoms with Crippen LogP contribution in [0, 0.1) is 17.3 Å². The lowest BCUT2D eigenvalue weighted by atomic mass is 9.70. The van der Waals surface area contributed by atoms with E-state index in [9.17, 15) is 4.79 Å². The van der Waals surface area contributed by atoms with E-state index in [1.807, 2.05) is 0 Å². The van der Waals surface area contributed by atoms with Crippen LogP contribution < -0.4 is 0 Å². The lowest BCUT2D eigenvalue weighted by Gasteiger charge is -2.39. The highest BCUT2D eigenvalue weighted by atomic mass is 16.6. The Morgan fingerprint density at radius 1 is 1.17 bits per heavy atom. The quantitative estimate of drug-likeness (QED) is 0.672. The molecular weight excluding hydrogens is 224 g/mol. The summed E-state index contributed by atoms with van der Waals surface area (Å²) >= 11 is 0. The van der Waals surface area contributed by atoms with Crippen molar-refractivity contribution in [3.05, 3.63) is 0 Å². The molecule has 0 saturated heterocycles. The molecule has 0 N–H and O–H groups in total. The minimum absolute atomic E-state index is 0.0104. The predicted molar refractivity (Wildman–Crippen MR) is 75.4 cm³/mol. The van der Waals surface area contributed by atoms with Gasteiger partial charge in [0.15, 0.2) is 0 Å². The Balaban J connectivity index is 2.85. The van der Waals surface area contributed by atoms with Crippen molar-refractivity contribution in [1.29, 1.82) is 0 Å². The van der Waals surface area contributed by atoms with Gasteiger partial charge in [0.25, 0.3) is 0 Å². The summed E-state index contributed by atoms with van der Waals surface area (Å²) in [4.78, 5) is 12.6. The smallest absolute Gasteiger partial charge is 0.312 e. The Morgan fingerprint density at radius 2 is 1.61 bits per heavy atom. The molecule has 0 aliphatic heterocycles. The van der Waals surface area contributed by atoms with Crippen LogP contribution in [0.3, 0.4) is 0 Å². The van der Waals surface area contributed by atoms with E-state index in [1.165, 1.54) is 12.8 Å². The van der Waals surface area contributed by atoms with Crippen molar-refractivity contribution in [2.75, 3.05) is 0 Å². The van der Waals surface area contributed by atoms with Crippen molar-refractivity contribution in [2.45, 2.75) is 79.2 Å². The van der Waals surface area contributed by atoms with Crippen LogP contribution in [0.25, 0.3) is 0 Å². The van der Waals surface area contributed by atoms with Gasteiger partial charge in [-0.2, -0.15) is 0 Å². The standard InChI is InChI=1S/C16H30O2/c1-7-16(10-8-9-11-16)18-14(17)15(6,12(2)3)13(4)5/h12-13H,7-11H2,1-6H3. The first-order valence-corrected chi connectivity index (χ1v) is 7.52. The molecule has 0 heterocycles. The minimum Gasteiger partial charge on any atom is -0.459 e. The summed E-state index contributed by atoms with van der Waals surface area (Å²) in [5.41, 5.74) is -0.535. The molecule has 1 aliphatic rings. The summed E-state index contributed by atoms with van der Waals surface area (Å²) in [6, 6.07) is 0. The SMILES string of the molecule is CCC1(OC(=O)C(C)(C(C)C)C(C)C)CCCC1. The molecule has 2 heteroatoms. The second kappa shape index (κ2) is 5.63. The van der Waals surface area contributed by atoms with E-state index in [0.29, 0.717) is 11.8 Å². The molecule has 2 nitrogen and oxygen atoms in total. The number of rotatable bonds is 5. The molecule has 0 spiro atoms. The van der Waals surface area contributed by atoms with Crippen LogP contribution in [0.5, 0.6) is 0 Å². The van der Waals surface area contributed by atoms with Gasteiger partial charge in [-0.25, -0.2) is 0 Å². The zero-order chi connectivity index (χ0) is 14.0. The second-order valence-electron chi connectivity index (χ2n) is 6.73. The highest BCUT2D eigenvalue weighted by Crippen LogP contribution is 2.42. The number of carbonyl (C=O) groups is 1. The van der Waals surface area contributed by atoms with Crippen LogP contribution in [0.4, 0.5) is 0 Å². The highest BCUT2D eigenvalue weighted by Gasteiger charge is 2.45. The van der Waals surface area contributed by atoms with Crippen molar-refractivity contribution in [3.8, 4) is 0 Å². The molecular formula is C16H30O2. The molecule has 18 heavy (non-hydrogen) atoms. The molecule has 1 aliphatic carbocycles. The van der Waals surface area contributed by atoms with Crippen molar-refractivity contribution < 1.29 is 9.53 Å². The van der Waals surface area contributed by atoms with Gasteiger partial charge in [0.1, 0.15) is 5.60 Å². The number of hydrogen-bond donors (Lipinski definition) is 0. The Kier molecular flexibility index (Phi) is 4.85. The summed E-state index contributed by atoms with van der Waals surface area (Å²) < 4.78 is 6.00. The monoisotopic (exact) mass is 254 g/mol. The summed E-state index contributed by atoms with van der Waals surface area (Å²) in [5.74, 6) is 0.622. The molecule has 1 fully saturated rings. The van der Waals surface area contributed by atoms with E-state index in [-0.39, 0.29) is 17.0 Å². The molecule has 1 rings (SSSR count). The first-order valence-electron chi connectivity index (χ1n) is 7.52. The molecule has 0 aromatic heterocycles. The Bertz CT molecular complexity index is 277. The molecule has 0 amide bonds. The van der Waals surface area contributed by atoms with E-state index in [4.69, 9.17) is 4.74 Å². The largest absolute Gasteiger partial charge is 0.459 e. The van der Waals surface area contributed by atoms with Crippen LogP contribution in [0.1, 0.15) is 73.6 Å². The van der Waals surface area contributed by atoms with Gasteiger partial charge in [-0.15, -0.1) is 0 Å². The van der Waals surface area contributed by atoms with Gasteiger partial charge in [0.2, 0.25) is 0 Å². The summed E-state index contributed by atoms with van der Waals surface area (Å²) in [5, 5.41) is 0. The third-order valence-electron chi connectivity index (χ3n) is 5.31. The van der Waals surface area contributed by atoms with Crippen LogP contribution in [0.2, 0.25) is 0 Å². The summed E-state index contributed by atoms with van der Waals surface area (Å²) in [7, 11) is 0. The van der Waals surface area contributed by atoms with Crippen molar-refractivity contribution in [2.24, 2.45) is 17.3 Å². The summed E-state index contributed by atoms with van der Waals surface area (Å²) in [6.45, 7) is 12.7. The van der Waals surface area contributed by atoms with E-state index in [0.717, 1.165) is 19.3 Å². The number of ether oxygens (including phenoxy) is 1. The maximum absolute atomic E-state index is 12.6. The average Bonchev–Trinajstić information content (AvgIpc) is 2.76. The highest BCUT2D eigenvalue weighted by molar-refractivity contribution is 5.77. The van der Waals surface area contributed by atoms with Crippen LogP contribution in [-0.4, -0.2) is 11.6 Å². The molecule has 0 bridgehead atoms. The number of carbonyl (C=O) groups excluding carboxylic acids is 1. The van der Waals surface area contributed by atoms with Crippen molar-refractivity contribution >= 4 is 5.97 Å². The maximum atomic E-state index is 12.6. The van der Waals surface area contributed by atoms with Gasteiger partial charge < -0.3 is 4.74 Å². The van der Waals surface area contributed by atoms with Crippen molar-refractivity contribution in [1.82, 2.24) is 0 Å². The molecule has 0 radical (unpaired) electrons. The van der Waals surface area contributed by atoms with E-state index >= 15 is 0 Å². The fraction of sp³-hybridized carbons (Fsp3) is 0.938. The van der Waals surface area contributed by atoms with Crippen LogP contribution >= 0.6 is 0 Å². The maximum Gasteiger partial charge on any atom is 0.312 e. The van der Waals surface area contributed by atoms with Gasteiger partial charge in [0, 0.05) is 0 Å². The van der Waals surface area contributed by atoms with Crippen LogP contribution in [-0.2, 0) is 9.53 Å². The Morgan fingerprint density at radius 3 is 1.94 bits per heavy atom. The molecule has 0 atom stereocenters. The lowest BCUT2D eigenvalue weighted by Crippen LogP contribution is -2.44. The van der Waals surface area contributed by atoms with E-state index in [1.54, 1.807) is 0 Å².